The van der Waals surface area contributed by atoms with Crippen molar-refractivity contribution in [1.82, 2.24) is 4.98 Å². The van der Waals surface area contributed by atoms with E-state index >= 15 is 0 Å². The smallest absolute Gasteiger partial charge is 0.219 e. The third-order valence-electron chi connectivity index (χ3n) is 3.44. The maximum Gasteiger partial charge on any atom is 0.219 e. The van der Waals surface area contributed by atoms with Crippen molar-refractivity contribution in [3.05, 3.63) is 79.0 Å². The fourth-order valence-corrected chi connectivity index (χ4v) is 2.42. The normalized spacial score (nSPS) is 10.9. The Kier molecular flexibility index (Phi) is 2.79. The molecule has 1 radical (unpaired) electrons. The van der Waals surface area contributed by atoms with Crippen molar-refractivity contribution >= 4 is 21.5 Å². The van der Waals surface area contributed by atoms with Crippen molar-refractivity contribution in [3.8, 4) is 11.6 Å². The molecule has 0 atom stereocenters. The van der Waals surface area contributed by atoms with Crippen molar-refractivity contribution < 1.29 is 4.74 Å². The van der Waals surface area contributed by atoms with Crippen molar-refractivity contribution in [2.24, 2.45) is 0 Å². The zero-order valence-electron chi connectivity index (χ0n) is 11.3. The zero-order valence-corrected chi connectivity index (χ0v) is 11.3. The molecule has 1 heterocycles. The van der Waals surface area contributed by atoms with E-state index in [-0.39, 0.29) is 0 Å². The Morgan fingerprint density at radius 2 is 1.57 bits per heavy atom. The fraction of sp³-hybridized carbons (Fsp3) is 0. The van der Waals surface area contributed by atoms with E-state index < -0.39 is 0 Å². The van der Waals surface area contributed by atoms with Gasteiger partial charge in [-0.3, -0.25) is 0 Å². The van der Waals surface area contributed by atoms with Crippen LogP contribution >= 0.6 is 0 Å². The van der Waals surface area contributed by atoms with Gasteiger partial charge in [0.25, 0.3) is 0 Å². The topological polar surface area (TPSA) is 22.1 Å². The van der Waals surface area contributed by atoms with E-state index in [1.165, 1.54) is 10.8 Å². The number of hydrogen-bond acceptors (Lipinski definition) is 2. The van der Waals surface area contributed by atoms with Gasteiger partial charge in [0.05, 0.1) is 0 Å². The van der Waals surface area contributed by atoms with Crippen LogP contribution < -0.4 is 4.74 Å². The summed E-state index contributed by atoms with van der Waals surface area (Å²) in [5.74, 6) is 1.25. The van der Waals surface area contributed by atoms with E-state index in [0.717, 1.165) is 10.8 Å². The lowest BCUT2D eigenvalue weighted by atomic mass is 10.0. The summed E-state index contributed by atoms with van der Waals surface area (Å²) in [4.78, 5) is 4.16. The molecule has 3 aromatic carbocycles. The second-order valence-corrected chi connectivity index (χ2v) is 4.88. The first-order chi connectivity index (χ1) is 10.4. The quantitative estimate of drug-likeness (QED) is 0.479. The summed E-state index contributed by atoms with van der Waals surface area (Å²) in [6.45, 7) is 0. The molecule has 0 N–H and O–H groups in total. The lowest BCUT2D eigenvalue weighted by molar-refractivity contribution is 0.463. The van der Waals surface area contributed by atoms with Gasteiger partial charge in [-0.1, -0.05) is 36.4 Å². The number of benzene rings is 3. The number of aromatic nitrogens is 1. The Morgan fingerprint density at radius 3 is 2.38 bits per heavy atom. The highest BCUT2D eigenvalue weighted by Crippen LogP contribution is 2.27. The minimum absolute atomic E-state index is 0.578. The van der Waals surface area contributed by atoms with Gasteiger partial charge in [0, 0.05) is 18.3 Å². The first kappa shape index (κ1) is 11.9. The van der Waals surface area contributed by atoms with Gasteiger partial charge in [0.2, 0.25) is 5.88 Å². The largest absolute Gasteiger partial charge is 0.438 e. The van der Waals surface area contributed by atoms with Gasteiger partial charge < -0.3 is 4.74 Å². The molecule has 0 aliphatic rings. The van der Waals surface area contributed by atoms with E-state index in [1.807, 2.05) is 30.3 Å². The molecule has 2 heteroatoms. The maximum absolute atomic E-state index is 5.73. The molecule has 0 aliphatic carbocycles. The Bertz CT molecular complexity index is 916. The van der Waals surface area contributed by atoms with Crippen molar-refractivity contribution in [3.63, 3.8) is 0 Å². The summed E-state index contributed by atoms with van der Waals surface area (Å²) in [6.07, 6.45) is 1.71. The second-order valence-electron chi connectivity index (χ2n) is 4.88. The van der Waals surface area contributed by atoms with Crippen LogP contribution in [0.5, 0.6) is 11.6 Å². The van der Waals surface area contributed by atoms with Crippen molar-refractivity contribution in [1.29, 1.82) is 0 Å². The minimum Gasteiger partial charge on any atom is -0.438 e. The molecule has 1 aromatic heterocycles. The average Bonchev–Trinajstić information content (AvgIpc) is 2.54. The van der Waals surface area contributed by atoms with Gasteiger partial charge in [-0.05, 0) is 45.8 Å². The fourth-order valence-electron chi connectivity index (χ4n) is 2.42. The van der Waals surface area contributed by atoms with Crippen LogP contribution in [0.1, 0.15) is 0 Å². The molecule has 0 amide bonds. The van der Waals surface area contributed by atoms with Crippen LogP contribution in [0.15, 0.2) is 72.9 Å². The van der Waals surface area contributed by atoms with Crippen LogP contribution in [0, 0.1) is 6.07 Å². The molecule has 99 valence electrons. The first-order valence-electron chi connectivity index (χ1n) is 6.82. The van der Waals surface area contributed by atoms with Gasteiger partial charge in [-0.25, -0.2) is 4.98 Å². The number of pyridine rings is 1. The summed E-state index contributed by atoms with van der Waals surface area (Å²) in [6, 6.07) is 25.5. The monoisotopic (exact) mass is 270 g/mol. The molecular weight excluding hydrogens is 258 g/mol. The Labute approximate surface area is 122 Å². The number of ether oxygens (including phenoxy) is 1. The zero-order chi connectivity index (χ0) is 14.1. The van der Waals surface area contributed by atoms with E-state index in [2.05, 4.69) is 47.4 Å². The van der Waals surface area contributed by atoms with Crippen LogP contribution in [-0.4, -0.2) is 4.98 Å². The number of hydrogen-bond donors (Lipinski definition) is 0. The Hall–Kier alpha value is -2.87. The third-order valence-corrected chi connectivity index (χ3v) is 3.44. The highest BCUT2D eigenvalue weighted by Gasteiger charge is 2.02. The first-order valence-corrected chi connectivity index (χ1v) is 6.82. The van der Waals surface area contributed by atoms with Gasteiger partial charge in [0.1, 0.15) is 5.75 Å². The third kappa shape index (κ3) is 2.32. The maximum atomic E-state index is 5.73. The molecule has 0 bridgehead atoms. The molecule has 21 heavy (non-hydrogen) atoms. The Balaban J connectivity index is 1.80. The van der Waals surface area contributed by atoms with Crippen LogP contribution in [0.25, 0.3) is 21.5 Å². The molecule has 0 spiro atoms. The van der Waals surface area contributed by atoms with E-state index in [9.17, 15) is 0 Å². The van der Waals surface area contributed by atoms with Crippen molar-refractivity contribution in [2.45, 2.75) is 0 Å². The molecule has 0 fully saturated rings. The van der Waals surface area contributed by atoms with Gasteiger partial charge in [-0.2, -0.15) is 0 Å². The lowest BCUT2D eigenvalue weighted by Crippen LogP contribution is -1.87. The van der Waals surface area contributed by atoms with Crippen LogP contribution in [-0.2, 0) is 0 Å². The Morgan fingerprint density at radius 1 is 0.762 bits per heavy atom. The SMILES string of the molecule is [c]1c(Oc2ccccn2)ccc2cc3ccccc3cc12. The molecule has 0 unspecified atom stereocenters. The molecular formula is C19H12NO. The average molecular weight is 270 g/mol. The molecule has 0 saturated carbocycles. The van der Waals surface area contributed by atoms with Gasteiger partial charge >= 0.3 is 0 Å². The summed E-state index contributed by atoms with van der Waals surface area (Å²) in [7, 11) is 0. The predicted octanol–water partition coefficient (Wildman–Crippen LogP) is 4.98. The minimum atomic E-state index is 0.578. The summed E-state index contributed by atoms with van der Waals surface area (Å²) in [5.41, 5.74) is 0. The lowest BCUT2D eigenvalue weighted by Gasteiger charge is -2.06. The van der Waals surface area contributed by atoms with E-state index in [1.54, 1.807) is 6.20 Å². The van der Waals surface area contributed by atoms with E-state index in [0.29, 0.717) is 11.6 Å². The van der Waals surface area contributed by atoms with Gasteiger partial charge in [-0.15, -0.1) is 0 Å². The summed E-state index contributed by atoms with van der Waals surface area (Å²) in [5, 5.41) is 4.64. The second kappa shape index (κ2) is 4.91. The highest BCUT2D eigenvalue weighted by molar-refractivity contribution is 5.98. The van der Waals surface area contributed by atoms with E-state index in [4.69, 9.17) is 4.74 Å². The molecule has 4 rings (SSSR count). The number of fused-ring (bicyclic) bond motifs is 2. The highest BCUT2D eigenvalue weighted by atomic mass is 16.5. The molecule has 0 aliphatic heterocycles. The van der Waals surface area contributed by atoms with Crippen LogP contribution in [0.4, 0.5) is 0 Å². The van der Waals surface area contributed by atoms with Crippen LogP contribution in [0.3, 0.4) is 0 Å². The molecule has 4 aromatic rings. The van der Waals surface area contributed by atoms with Crippen molar-refractivity contribution in [2.75, 3.05) is 0 Å². The predicted molar refractivity (Wildman–Crippen MR) is 84.6 cm³/mol. The number of nitrogens with zero attached hydrogens (tertiary/aromatic N) is 1. The summed E-state index contributed by atoms with van der Waals surface area (Å²) < 4.78 is 5.73. The molecule has 2 nitrogen and oxygen atoms in total. The number of rotatable bonds is 2. The molecule has 0 saturated heterocycles. The van der Waals surface area contributed by atoms with Crippen LogP contribution in [0.2, 0.25) is 0 Å². The van der Waals surface area contributed by atoms with Gasteiger partial charge in [0.15, 0.2) is 0 Å². The standard InChI is InChI=1S/C19H12NO/c1-2-6-15-12-17-13-18(21-19-7-3-4-10-20-19)9-8-16(17)11-14(15)5-1/h1-12H. The summed E-state index contributed by atoms with van der Waals surface area (Å²) >= 11 is 0.